The molecule has 3 aromatic rings. The van der Waals surface area contributed by atoms with E-state index < -0.39 is 0 Å². The van der Waals surface area contributed by atoms with Crippen molar-refractivity contribution in [2.24, 2.45) is 0 Å². The van der Waals surface area contributed by atoms with Gasteiger partial charge in [-0.2, -0.15) is 0 Å². The first kappa shape index (κ1) is 19.1. The van der Waals surface area contributed by atoms with Crippen molar-refractivity contribution in [3.05, 3.63) is 78.1 Å². The molecular formula is C22H21N3O3. The monoisotopic (exact) mass is 375 g/mol. The van der Waals surface area contributed by atoms with Gasteiger partial charge in [-0.3, -0.25) is 9.59 Å². The first-order chi connectivity index (χ1) is 13.6. The van der Waals surface area contributed by atoms with Crippen LogP contribution in [0.2, 0.25) is 0 Å². The summed E-state index contributed by atoms with van der Waals surface area (Å²) in [5.74, 6) is 0.344. The average Bonchev–Trinajstić information content (AvgIpc) is 2.70. The summed E-state index contributed by atoms with van der Waals surface area (Å²) in [5.41, 5.74) is 2.93. The Labute approximate surface area is 163 Å². The number of hydrogen-bond donors (Lipinski definition) is 2. The molecule has 6 nitrogen and oxygen atoms in total. The Kier molecular flexibility index (Phi) is 6.01. The molecule has 0 aliphatic rings. The number of amides is 1. The lowest BCUT2D eigenvalue weighted by Crippen LogP contribution is -2.14. The molecule has 3 rings (SSSR count). The Morgan fingerprint density at radius 2 is 1.82 bits per heavy atom. The molecule has 142 valence electrons. The fraction of sp³-hybridized carbons (Fsp3) is 0.136. The number of benzene rings is 2. The van der Waals surface area contributed by atoms with Crippen LogP contribution in [-0.2, 0) is 0 Å². The Bertz CT molecular complexity index is 984. The summed E-state index contributed by atoms with van der Waals surface area (Å²) in [7, 11) is 0. The third-order valence-corrected chi connectivity index (χ3v) is 3.99. The Morgan fingerprint density at radius 1 is 1.00 bits per heavy atom. The number of aromatic nitrogens is 1. The normalized spacial score (nSPS) is 10.2. The van der Waals surface area contributed by atoms with Crippen LogP contribution in [0.5, 0.6) is 5.75 Å². The number of para-hydroxylation sites is 2. The molecule has 1 aromatic heterocycles. The molecular weight excluding hydrogens is 354 g/mol. The van der Waals surface area contributed by atoms with Crippen molar-refractivity contribution in [3.63, 3.8) is 0 Å². The number of Topliss-reactive ketones (excluding diaryl/α,β-unsaturated/α-hetero) is 1. The molecule has 1 heterocycles. The van der Waals surface area contributed by atoms with Gasteiger partial charge in [0, 0.05) is 11.3 Å². The van der Waals surface area contributed by atoms with Gasteiger partial charge < -0.3 is 15.4 Å². The maximum atomic E-state index is 12.4. The lowest BCUT2D eigenvalue weighted by Gasteiger charge is -2.12. The summed E-state index contributed by atoms with van der Waals surface area (Å²) >= 11 is 0. The Hall–Kier alpha value is -3.67. The molecule has 0 fully saturated rings. The minimum atomic E-state index is -0.345. The van der Waals surface area contributed by atoms with Gasteiger partial charge in [0.15, 0.2) is 5.78 Å². The highest BCUT2D eigenvalue weighted by atomic mass is 16.5. The Balaban J connectivity index is 1.70. The van der Waals surface area contributed by atoms with Gasteiger partial charge in [0.2, 0.25) is 0 Å². The standard InChI is InChI=1S/C22H21N3O3/c1-3-28-21-10-5-4-9-19(21)24-18-11-12-20(23-14-18)22(27)25-17-8-6-7-16(13-17)15(2)26/h4-14,24H,3H2,1-2H3,(H,25,27). The molecule has 0 aliphatic carbocycles. The third-order valence-electron chi connectivity index (χ3n) is 3.99. The summed E-state index contributed by atoms with van der Waals surface area (Å²) < 4.78 is 5.59. The maximum Gasteiger partial charge on any atom is 0.274 e. The number of anilines is 3. The van der Waals surface area contributed by atoms with Crippen molar-refractivity contribution in [3.8, 4) is 5.75 Å². The molecule has 2 aromatic carbocycles. The van der Waals surface area contributed by atoms with E-state index in [1.54, 1.807) is 42.6 Å². The van der Waals surface area contributed by atoms with Gasteiger partial charge in [-0.15, -0.1) is 0 Å². The van der Waals surface area contributed by atoms with E-state index in [0.717, 1.165) is 17.1 Å². The van der Waals surface area contributed by atoms with Crippen LogP contribution in [0.3, 0.4) is 0 Å². The maximum absolute atomic E-state index is 12.4. The van der Waals surface area contributed by atoms with Gasteiger partial charge in [-0.25, -0.2) is 4.98 Å². The minimum Gasteiger partial charge on any atom is -0.492 e. The number of hydrogen-bond acceptors (Lipinski definition) is 5. The number of carbonyl (C=O) groups is 2. The minimum absolute atomic E-state index is 0.0583. The number of carbonyl (C=O) groups excluding carboxylic acids is 2. The van der Waals surface area contributed by atoms with E-state index in [4.69, 9.17) is 4.74 Å². The highest BCUT2D eigenvalue weighted by Crippen LogP contribution is 2.27. The molecule has 0 atom stereocenters. The molecule has 0 spiro atoms. The predicted octanol–water partition coefficient (Wildman–Crippen LogP) is 4.68. The summed E-state index contributed by atoms with van der Waals surface area (Å²) in [6.45, 7) is 3.98. The van der Waals surface area contributed by atoms with Crippen LogP contribution in [0.1, 0.15) is 34.7 Å². The van der Waals surface area contributed by atoms with E-state index in [-0.39, 0.29) is 17.4 Å². The fourth-order valence-corrected chi connectivity index (χ4v) is 2.62. The van der Waals surface area contributed by atoms with Crippen molar-refractivity contribution in [2.75, 3.05) is 17.2 Å². The summed E-state index contributed by atoms with van der Waals surface area (Å²) in [4.78, 5) is 28.1. The number of pyridine rings is 1. The van der Waals surface area contributed by atoms with Crippen LogP contribution < -0.4 is 15.4 Å². The topological polar surface area (TPSA) is 80.3 Å². The molecule has 0 bridgehead atoms. The highest BCUT2D eigenvalue weighted by Gasteiger charge is 2.10. The van der Waals surface area contributed by atoms with Crippen LogP contribution in [0.15, 0.2) is 66.9 Å². The van der Waals surface area contributed by atoms with Gasteiger partial charge >= 0.3 is 0 Å². The van der Waals surface area contributed by atoms with Gasteiger partial charge in [0.25, 0.3) is 5.91 Å². The van der Waals surface area contributed by atoms with Crippen molar-refractivity contribution in [1.82, 2.24) is 4.98 Å². The first-order valence-corrected chi connectivity index (χ1v) is 8.94. The number of ketones is 1. The van der Waals surface area contributed by atoms with Crippen LogP contribution in [-0.4, -0.2) is 23.3 Å². The van der Waals surface area contributed by atoms with Gasteiger partial charge in [-0.1, -0.05) is 24.3 Å². The zero-order valence-electron chi connectivity index (χ0n) is 15.7. The van der Waals surface area contributed by atoms with E-state index in [0.29, 0.717) is 17.9 Å². The number of rotatable bonds is 7. The van der Waals surface area contributed by atoms with E-state index in [2.05, 4.69) is 15.6 Å². The van der Waals surface area contributed by atoms with E-state index in [1.807, 2.05) is 31.2 Å². The van der Waals surface area contributed by atoms with Gasteiger partial charge in [0.1, 0.15) is 11.4 Å². The highest BCUT2D eigenvalue weighted by molar-refractivity contribution is 6.04. The SMILES string of the molecule is CCOc1ccccc1Nc1ccc(C(=O)Nc2cccc(C(C)=O)c2)nc1. The van der Waals surface area contributed by atoms with Gasteiger partial charge in [0.05, 0.1) is 24.2 Å². The second-order valence-electron chi connectivity index (χ2n) is 6.08. The molecule has 0 aliphatic heterocycles. The summed E-state index contributed by atoms with van der Waals surface area (Å²) in [6, 6.07) is 17.8. The van der Waals surface area contributed by atoms with Gasteiger partial charge in [-0.05, 0) is 50.2 Å². The zero-order valence-corrected chi connectivity index (χ0v) is 15.7. The van der Waals surface area contributed by atoms with Crippen LogP contribution >= 0.6 is 0 Å². The summed E-state index contributed by atoms with van der Waals surface area (Å²) in [6.07, 6.45) is 1.59. The Morgan fingerprint density at radius 3 is 2.54 bits per heavy atom. The molecule has 0 saturated carbocycles. The lowest BCUT2D eigenvalue weighted by molar-refractivity contribution is 0.100. The quantitative estimate of drug-likeness (QED) is 0.586. The third kappa shape index (κ3) is 4.73. The van der Waals surface area contributed by atoms with Crippen molar-refractivity contribution >= 4 is 28.8 Å². The molecule has 28 heavy (non-hydrogen) atoms. The summed E-state index contributed by atoms with van der Waals surface area (Å²) in [5, 5.41) is 5.99. The molecule has 0 saturated heterocycles. The smallest absolute Gasteiger partial charge is 0.274 e. The molecule has 2 N–H and O–H groups in total. The van der Waals surface area contributed by atoms with Crippen LogP contribution in [0, 0.1) is 0 Å². The number of ether oxygens (including phenoxy) is 1. The van der Waals surface area contributed by atoms with E-state index in [9.17, 15) is 9.59 Å². The molecule has 6 heteroatoms. The lowest BCUT2D eigenvalue weighted by atomic mass is 10.1. The second-order valence-corrected chi connectivity index (χ2v) is 6.08. The van der Waals surface area contributed by atoms with Crippen molar-refractivity contribution < 1.29 is 14.3 Å². The van der Waals surface area contributed by atoms with Crippen LogP contribution in [0.25, 0.3) is 0 Å². The van der Waals surface area contributed by atoms with Crippen LogP contribution in [0.4, 0.5) is 17.1 Å². The largest absolute Gasteiger partial charge is 0.492 e. The molecule has 1 amide bonds. The second kappa shape index (κ2) is 8.81. The first-order valence-electron chi connectivity index (χ1n) is 8.94. The van der Waals surface area contributed by atoms with Crippen molar-refractivity contribution in [1.29, 1.82) is 0 Å². The van der Waals surface area contributed by atoms with Crippen molar-refractivity contribution in [2.45, 2.75) is 13.8 Å². The fourth-order valence-electron chi connectivity index (χ4n) is 2.62. The number of nitrogens with one attached hydrogen (secondary N) is 2. The zero-order chi connectivity index (χ0) is 19.9. The number of nitrogens with zero attached hydrogens (tertiary/aromatic N) is 1. The molecule has 0 unspecified atom stereocenters. The predicted molar refractivity (Wildman–Crippen MR) is 110 cm³/mol. The molecule has 0 radical (unpaired) electrons. The van der Waals surface area contributed by atoms with E-state index >= 15 is 0 Å². The average molecular weight is 375 g/mol. The van der Waals surface area contributed by atoms with E-state index in [1.165, 1.54) is 6.92 Å².